The summed E-state index contributed by atoms with van der Waals surface area (Å²) in [6, 6.07) is 9.51. The van der Waals surface area contributed by atoms with Crippen LogP contribution in [0, 0.1) is 27.7 Å². The van der Waals surface area contributed by atoms with E-state index < -0.39 is 0 Å². The van der Waals surface area contributed by atoms with Gasteiger partial charge in [-0.05, 0) is 67.5 Å². The average molecular weight is 234 g/mol. The van der Waals surface area contributed by atoms with Gasteiger partial charge >= 0.3 is 0 Å². The molecule has 2 aromatic rings. The zero-order chi connectivity index (χ0) is 12.9. The molecule has 0 aliphatic carbocycles. The molecule has 1 aliphatic rings. The first-order valence-electron chi connectivity index (χ1n) is 6.72. The quantitative estimate of drug-likeness (QED) is 0.523. The predicted octanol–water partition coefficient (Wildman–Crippen LogP) is 2.21. The van der Waals surface area contributed by atoms with E-state index in [4.69, 9.17) is 0 Å². The number of hydrogen-bond donors (Lipinski definition) is 0. The molecule has 1 aliphatic heterocycles. The summed E-state index contributed by atoms with van der Waals surface area (Å²) in [7, 11) is 1.10. The summed E-state index contributed by atoms with van der Waals surface area (Å²) in [4.78, 5) is 0. The summed E-state index contributed by atoms with van der Waals surface area (Å²) in [5, 5.41) is 0. The molecule has 0 saturated carbocycles. The minimum atomic E-state index is 1.10. The van der Waals surface area contributed by atoms with Crippen LogP contribution in [0.4, 0.5) is 0 Å². The number of rotatable bonds is 0. The van der Waals surface area contributed by atoms with Crippen molar-refractivity contribution in [3.8, 4) is 0 Å². The summed E-state index contributed by atoms with van der Waals surface area (Å²) in [6.45, 7) is 8.86. The molecule has 0 amide bonds. The van der Waals surface area contributed by atoms with Gasteiger partial charge in [-0.25, -0.2) is 0 Å². The largest absolute Gasteiger partial charge is 0.193 e. The van der Waals surface area contributed by atoms with Crippen LogP contribution in [0.1, 0.15) is 33.4 Å². The van der Waals surface area contributed by atoms with E-state index in [1.807, 2.05) is 0 Å². The molecule has 1 heterocycles. The van der Waals surface area contributed by atoms with Gasteiger partial charge in [0.25, 0.3) is 0 Å². The molecule has 0 atom stereocenters. The third-order valence-electron chi connectivity index (χ3n) is 4.39. The van der Waals surface area contributed by atoms with Gasteiger partial charge in [0.05, 0.1) is 0 Å². The van der Waals surface area contributed by atoms with Crippen LogP contribution in [0.2, 0.25) is 0 Å². The van der Waals surface area contributed by atoms with Crippen molar-refractivity contribution in [2.24, 2.45) is 0 Å². The second-order valence-electron chi connectivity index (χ2n) is 5.76. The van der Waals surface area contributed by atoms with E-state index in [9.17, 15) is 0 Å². The zero-order valence-electron chi connectivity index (χ0n) is 11.7. The van der Waals surface area contributed by atoms with E-state index in [0.717, 1.165) is 13.7 Å². The Morgan fingerprint density at radius 1 is 0.667 bits per heavy atom. The molecule has 3 rings (SSSR count). The SMILES string of the molecule is Cc1cc2c(cc1C)Cc1cc(C)c(C)cc1B2. The third kappa shape index (κ3) is 1.78. The lowest BCUT2D eigenvalue weighted by Crippen LogP contribution is -2.38. The second kappa shape index (κ2) is 4.01. The molecule has 90 valence electrons. The summed E-state index contributed by atoms with van der Waals surface area (Å²) >= 11 is 0. The minimum absolute atomic E-state index is 1.10. The predicted molar refractivity (Wildman–Crippen MR) is 81.1 cm³/mol. The van der Waals surface area contributed by atoms with Crippen molar-refractivity contribution >= 4 is 18.2 Å². The van der Waals surface area contributed by atoms with Gasteiger partial charge in [-0.15, -0.1) is 0 Å². The minimum Gasteiger partial charge on any atom is -0.0748 e. The molecule has 0 spiro atoms. The molecule has 0 saturated heterocycles. The highest BCUT2D eigenvalue weighted by molar-refractivity contribution is 6.69. The van der Waals surface area contributed by atoms with Crippen LogP contribution in [0.15, 0.2) is 24.3 Å². The molecule has 1 heteroatoms. The first-order valence-corrected chi connectivity index (χ1v) is 6.72. The van der Waals surface area contributed by atoms with Crippen molar-refractivity contribution in [1.29, 1.82) is 0 Å². The fraction of sp³-hybridized carbons (Fsp3) is 0.294. The maximum absolute atomic E-state index is 2.38. The van der Waals surface area contributed by atoms with E-state index in [0.29, 0.717) is 0 Å². The molecule has 0 radical (unpaired) electrons. The third-order valence-corrected chi connectivity index (χ3v) is 4.39. The summed E-state index contributed by atoms with van der Waals surface area (Å²) in [5.41, 5.74) is 11.8. The molecule has 0 fully saturated rings. The molecule has 0 aromatic heterocycles. The molecular weight excluding hydrogens is 215 g/mol. The van der Waals surface area contributed by atoms with Gasteiger partial charge in [-0.3, -0.25) is 0 Å². The van der Waals surface area contributed by atoms with Crippen LogP contribution in [-0.4, -0.2) is 7.28 Å². The first kappa shape index (κ1) is 11.6. The van der Waals surface area contributed by atoms with Crippen LogP contribution in [0.3, 0.4) is 0 Å². The van der Waals surface area contributed by atoms with E-state index >= 15 is 0 Å². The molecule has 18 heavy (non-hydrogen) atoms. The Hall–Kier alpha value is -1.50. The molecule has 0 N–H and O–H groups in total. The molecular formula is C17H19B. The Balaban J connectivity index is 2.12. The van der Waals surface area contributed by atoms with Gasteiger partial charge in [0.15, 0.2) is 7.28 Å². The maximum atomic E-state index is 2.38. The lowest BCUT2D eigenvalue weighted by molar-refractivity contribution is 1.17. The Kier molecular flexibility index (Phi) is 2.58. The standard InChI is InChI=1S/C17H19B/c1-10-5-14-9-15-6-11(2)13(4)8-17(15)18-16(14)7-12(10)3/h5-8,18H,9H2,1-4H3. The van der Waals surface area contributed by atoms with Crippen LogP contribution in [-0.2, 0) is 6.42 Å². The summed E-state index contributed by atoms with van der Waals surface area (Å²) in [6.07, 6.45) is 1.10. The van der Waals surface area contributed by atoms with E-state index in [1.54, 1.807) is 0 Å². The molecule has 0 bridgehead atoms. The highest BCUT2D eigenvalue weighted by atomic mass is 14.1. The summed E-state index contributed by atoms with van der Waals surface area (Å²) in [5.74, 6) is 0. The van der Waals surface area contributed by atoms with Crippen LogP contribution >= 0.6 is 0 Å². The Bertz CT molecular complexity index is 527. The van der Waals surface area contributed by atoms with Gasteiger partial charge in [0, 0.05) is 0 Å². The van der Waals surface area contributed by atoms with Gasteiger partial charge in [-0.2, -0.15) is 0 Å². The first-order chi connectivity index (χ1) is 8.54. The molecule has 2 aromatic carbocycles. The van der Waals surface area contributed by atoms with Gasteiger partial charge in [0.1, 0.15) is 0 Å². The number of fused-ring (bicyclic) bond motifs is 2. The number of aryl methyl sites for hydroxylation is 4. The Morgan fingerprint density at radius 3 is 1.50 bits per heavy atom. The summed E-state index contributed by atoms with van der Waals surface area (Å²) < 4.78 is 0. The van der Waals surface area contributed by atoms with Crippen LogP contribution in [0.25, 0.3) is 0 Å². The van der Waals surface area contributed by atoms with Gasteiger partial charge in [-0.1, -0.05) is 35.2 Å². The average Bonchev–Trinajstić information content (AvgIpc) is 2.31. The van der Waals surface area contributed by atoms with E-state index in [-0.39, 0.29) is 0 Å². The van der Waals surface area contributed by atoms with Crippen LogP contribution in [0.5, 0.6) is 0 Å². The van der Waals surface area contributed by atoms with Crippen molar-refractivity contribution in [3.05, 3.63) is 57.6 Å². The van der Waals surface area contributed by atoms with Crippen molar-refractivity contribution in [2.75, 3.05) is 0 Å². The fourth-order valence-corrected chi connectivity index (χ4v) is 2.94. The zero-order valence-corrected chi connectivity index (χ0v) is 11.7. The molecule has 0 unspecified atom stereocenters. The maximum Gasteiger partial charge on any atom is 0.193 e. The second-order valence-corrected chi connectivity index (χ2v) is 5.76. The highest BCUT2D eigenvalue weighted by Gasteiger charge is 2.17. The smallest absolute Gasteiger partial charge is 0.0748 e. The van der Waals surface area contributed by atoms with Gasteiger partial charge in [0.2, 0.25) is 0 Å². The van der Waals surface area contributed by atoms with Gasteiger partial charge < -0.3 is 0 Å². The van der Waals surface area contributed by atoms with Crippen molar-refractivity contribution < 1.29 is 0 Å². The topological polar surface area (TPSA) is 0 Å². The van der Waals surface area contributed by atoms with E-state index in [2.05, 4.69) is 52.0 Å². The van der Waals surface area contributed by atoms with Crippen LogP contribution < -0.4 is 10.9 Å². The Labute approximate surface area is 110 Å². The van der Waals surface area contributed by atoms with Crippen molar-refractivity contribution in [3.63, 3.8) is 0 Å². The lowest BCUT2D eigenvalue weighted by atomic mass is 9.56. The number of hydrogen-bond acceptors (Lipinski definition) is 0. The fourth-order valence-electron chi connectivity index (χ4n) is 2.94. The monoisotopic (exact) mass is 234 g/mol. The normalized spacial score (nSPS) is 12.7. The van der Waals surface area contributed by atoms with Crippen molar-refractivity contribution in [1.82, 2.24) is 0 Å². The Morgan fingerprint density at radius 2 is 1.06 bits per heavy atom. The van der Waals surface area contributed by atoms with Crippen molar-refractivity contribution in [2.45, 2.75) is 34.1 Å². The van der Waals surface area contributed by atoms with E-state index in [1.165, 1.54) is 44.3 Å². The highest BCUT2D eigenvalue weighted by Crippen LogP contribution is 2.17. The lowest BCUT2D eigenvalue weighted by Gasteiger charge is -2.22. The molecule has 0 nitrogen and oxygen atoms in total. The number of benzene rings is 2.